The lowest BCUT2D eigenvalue weighted by Crippen LogP contribution is -2.29. The predicted molar refractivity (Wildman–Crippen MR) is 90.9 cm³/mol. The number of hydrogen-bond acceptors (Lipinski definition) is 2. The Morgan fingerprint density at radius 1 is 1.29 bits per heavy atom. The van der Waals surface area contributed by atoms with Crippen LogP contribution in [0, 0.1) is 31.6 Å². The molecule has 3 unspecified atom stereocenters. The number of methoxy groups -OCH3 is 1. The first-order chi connectivity index (χ1) is 10.1. The van der Waals surface area contributed by atoms with Crippen LogP contribution in [0.25, 0.3) is 0 Å². The van der Waals surface area contributed by atoms with E-state index in [4.69, 9.17) is 4.74 Å². The van der Waals surface area contributed by atoms with E-state index in [1.54, 1.807) is 7.11 Å². The maximum atomic E-state index is 5.78. The number of aryl methyl sites for hydroxylation is 1. The van der Waals surface area contributed by atoms with Crippen LogP contribution < -0.4 is 10.1 Å². The van der Waals surface area contributed by atoms with E-state index in [0.717, 1.165) is 30.0 Å². The van der Waals surface area contributed by atoms with E-state index in [0.29, 0.717) is 6.04 Å². The van der Waals surface area contributed by atoms with Gasteiger partial charge in [-0.3, -0.25) is 0 Å². The van der Waals surface area contributed by atoms with Gasteiger partial charge in [0, 0.05) is 16.1 Å². The zero-order valence-electron chi connectivity index (χ0n) is 13.5. The second kappa shape index (κ2) is 5.92. The second-order valence-electron chi connectivity index (χ2n) is 6.77. The van der Waals surface area contributed by atoms with Crippen LogP contribution in [0.2, 0.25) is 0 Å². The summed E-state index contributed by atoms with van der Waals surface area (Å²) in [6.45, 7) is 7.56. The molecule has 0 radical (unpaired) electrons. The number of halogens is 1. The lowest BCUT2D eigenvalue weighted by atomic mass is 9.85. The fourth-order valence-corrected chi connectivity index (χ4v) is 4.84. The predicted octanol–water partition coefficient (Wildman–Crippen LogP) is 4.77. The number of nitrogens with one attached hydrogen (secondary N) is 1. The van der Waals surface area contributed by atoms with Gasteiger partial charge in [0.1, 0.15) is 5.75 Å². The van der Waals surface area contributed by atoms with Crippen LogP contribution in [0.3, 0.4) is 0 Å². The third-order valence-electron chi connectivity index (χ3n) is 5.40. The number of hydrogen-bond donors (Lipinski definition) is 1. The van der Waals surface area contributed by atoms with Crippen LogP contribution >= 0.6 is 15.9 Å². The minimum Gasteiger partial charge on any atom is -0.496 e. The van der Waals surface area contributed by atoms with Crippen molar-refractivity contribution in [3.8, 4) is 5.75 Å². The van der Waals surface area contributed by atoms with Crippen molar-refractivity contribution in [3.05, 3.63) is 27.2 Å². The average molecular weight is 352 g/mol. The first-order valence-electron chi connectivity index (χ1n) is 8.13. The van der Waals surface area contributed by atoms with E-state index in [1.165, 1.54) is 40.4 Å². The largest absolute Gasteiger partial charge is 0.496 e. The molecule has 21 heavy (non-hydrogen) atoms. The Balaban J connectivity index is 2.01. The average Bonchev–Trinajstić information content (AvgIpc) is 3.07. The van der Waals surface area contributed by atoms with Gasteiger partial charge in [-0.05, 0) is 74.6 Å². The molecule has 3 rings (SSSR count). The number of ether oxygens (including phenoxy) is 1. The molecule has 3 atom stereocenters. The highest BCUT2D eigenvalue weighted by atomic mass is 79.9. The minimum absolute atomic E-state index is 0.425. The topological polar surface area (TPSA) is 21.3 Å². The minimum atomic E-state index is 0.425. The normalized spacial score (nSPS) is 28.3. The molecule has 2 fully saturated rings. The Morgan fingerprint density at radius 3 is 2.52 bits per heavy atom. The van der Waals surface area contributed by atoms with Crippen molar-refractivity contribution in [3.63, 3.8) is 0 Å². The summed E-state index contributed by atoms with van der Waals surface area (Å²) in [5, 5.41) is 3.75. The Hall–Kier alpha value is -0.540. The third kappa shape index (κ3) is 2.75. The third-order valence-corrected chi connectivity index (χ3v) is 6.22. The number of rotatable bonds is 5. The smallest absolute Gasteiger partial charge is 0.126 e. The van der Waals surface area contributed by atoms with Gasteiger partial charge in [0.15, 0.2) is 0 Å². The lowest BCUT2D eigenvalue weighted by Gasteiger charge is -2.30. The SMILES string of the molecule is CCNC(c1c(C)c(Br)cc(C)c1OC)C1CC2CC2C1. The Labute approximate surface area is 136 Å². The number of fused-ring (bicyclic) bond motifs is 1. The molecule has 0 heterocycles. The molecule has 2 nitrogen and oxygen atoms in total. The molecule has 0 aromatic heterocycles. The van der Waals surface area contributed by atoms with E-state index in [1.807, 2.05) is 0 Å². The lowest BCUT2D eigenvalue weighted by molar-refractivity contribution is 0.328. The summed E-state index contributed by atoms with van der Waals surface area (Å²) in [5.41, 5.74) is 3.91. The molecule has 0 spiro atoms. The molecule has 116 valence electrons. The van der Waals surface area contributed by atoms with E-state index in [9.17, 15) is 0 Å². The van der Waals surface area contributed by atoms with Gasteiger partial charge >= 0.3 is 0 Å². The fraction of sp³-hybridized carbons (Fsp3) is 0.667. The maximum Gasteiger partial charge on any atom is 0.126 e. The highest BCUT2D eigenvalue weighted by molar-refractivity contribution is 9.10. The van der Waals surface area contributed by atoms with Crippen LogP contribution in [0.4, 0.5) is 0 Å². The van der Waals surface area contributed by atoms with Crippen molar-refractivity contribution >= 4 is 15.9 Å². The van der Waals surface area contributed by atoms with Gasteiger partial charge in [0.2, 0.25) is 0 Å². The van der Waals surface area contributed by atoms with Crippen molar-refractivity contribution in [1.29, 1.82) is 0 Å². The Kier molecular flexibility index (Phi) is 4.33. The molecule has 0 saturated heterocycles. The van der Waals surface area contributed by atoms with Gasteiger partial charge in [-0.2, -0.15) is 0 Å². The van der Waals surface area contributed by atoms with Crippen molar-refractivity contribution in [2.45, 2.75) is 46.1 Å². The van der Waals surface area contributed by atoms with Crippen LogP contribution in [0.15, 0.2) is 10.5 Å². The van der Waals surface area contributed by atoms with Crippen LogP contribution in [0.5, 0.6) is 5.75 Å². The first kappa shape index (κ1) is 15.4. The molecule has 1 N–H and O–H groups in total. The van der Waals surface area contributed by atoms with Crippen LogP contribution in [0.1, 0.15) is 48.9 Å². The van der Waals surface area contributed by atoms with Crippen molar-refractivity contribution in [2.24, 2.45) is 17.8 Å². The molecule has 0 bridgehead atoms. The quantitative estimate of drug-likeness (QED) is 0.824. The van der Waals surface area contributed by atoms with E-state index < -0.39 is 0 Å². The molecule has 0 aliphatic heterocycles. The summed E-state index contributed by atoms with van der Waals surface area (Å²) >= 11 is 3.73. The highest BCUT2D eigenvalue weighted by Crippen LogP contribution is 2.58. The summed E-state index contributed by atoms with van der Waals surface area (Å²) in [6, 6.07) is 2.60. The van der Waals surface area contributed by atoms with Gasteiger partial charge in [0.25, 0.3) is 0 Å². The van der Waals surface area contributed by atoms with Gasteiger partial charge in [-0.25, -0.2) is 0 Å². The van der Waals surface area contributed by atoms with E-state index >= 15 is 0 Å². The molecule has 2 aliphatic rings. The highest BCUT2D eigenvalue weighted by Gasteiger charge is 2.48. The van der Waals surface area contributed by atoms with Crippen LogP contribution in [-0.4, -0.2) is 13.7 Å². The molecule has 2 saturated carbocycles. The molecule has 1 aromatic rings. The summed E-state index contributed by atoms with van der Waals surface area (Å²) in [5.74, 6) is 3.85. The van der Waals surface area contributed by atoms with Gasteiger partial charge < -0.3 is 10.1 Å². The van der Waals surface area contributed by atoms with Gasteiger partial charge in [-0.1, -0.05) is 22.9 Å². The maximum absolute atomic E-state index is 5.78. The Bertz CT molecular complexity index is 533. The van der Waals surface area contributed by atoms with Crippen LogP contribution in [-0.2, 0) is 0 Å². The summed E-state index contributed by atoms with van der Waals surface area (Å²) < 4.78 is 6.97. The molecular weight excluding hydrogens is 326 g/mol. The van der Waals surface area contributed by atoms with Crippen molar-refractivity contribution in [2.75, 3.05) is 13.7 Å². The Morgan fingerprint density at radius 2 is 1.95 bits per heavy atom. The summed E-state index contributed by atoms with van der Waals surface area (Å²) in [7, 11) is 1.80. The number of benzene rings is 1. The molecular formula is C18H26BrNO. The van der Waals surface area contributed by atoms with Gasteiger partial charge in [0.05, 0.1) is 7.11 Å². The monoisotopic (exact) mass is 351 g/mol. The van der Waals surface area contributed by atoms with Gasteiger partial charge in [-0.15, -0.1) is 0 Å². The summed E-state index contributed by atoms with van der Waals surface area (Å²) in [6.07, 6.45) is 4.25. The zero-order chi connectivity index (χ0) is 15.1. The van der Waals surface area contributed by atoms with E-state index in [2.05, 4.69) is 48.1 Å². The molecule has 3 heteroatoms. The van der Waals surface area contributed by atoms with Crippen molar-refractivity contribution < 1.29 is 4.74 Å². The first-order valence-corrected chi connectivity index (χ1v) is 8.93. The standard InChI is InChI=1S/C18H26BrNO/c1-5-20-17(14-8-12-7-13(12)9-14)16-11(3)15(19)6-10(2)18(16)21-4/h6,12-14,17,20H,5,7-9H2,1-4H3. The second-order valence-corrected chi connectivity index (χ2v) is 7.62. The molecule has 2 aliphatic carbocycles. The summed E-state index contributed by atoms with van der Waals surface area (Å²) in [4.78, 5) is 0. The molecule has 1 aromatic carbocycles. The van der Waals surface area contributed by atoms with Crippen molar-refractivity contribution in [1.82, 2.24) is 5.32 Å². The zero-order valence-corrected chi connectivity index (χ0v) is 15.1. The fourth-order valence-electron chi connectivity index (χ4n) is 4.28. The molecule has 0 amide bonds. The van der Waals surface area contributed by atoms with E-state index in [-0.39, 0.29) is 0 Å².